The molecule has 0 aromatic carbocycles. The lowest BCUT2D eigenvalue weighted by molar-refractivity contribution is -0.113. The second kappa shape index (κ2) is 5.70. The van der Waals surface area contributed by atoms with Crippen LogP contribution in [0.3, 0.4) is 0 Å². The lowest BCUT2D eigenvalue weighted by Crippen LogP contribution is -2.33. The predicted octanol–water partition coefficient (Wildman–Crippen LogP) is -0.185. The summed E-state index contributed by atoms with van der Waals surface area (Å²) in [6.45, 7) is 0. The van der Waals surface area contributed by atoms with Crippen LogP contribution < -0.4 is 5.73 Å². The van der Waals surface area contributed by atoms with Gasteiger partial charge in [-0.15, -0.1) is 0 Å². The average Bonchev–Trinajstić information content (AvgIpc) is 1.98. The molecule has 0 aliphatic heterocycles. The summed E-state index contributed by atoms with van der Waals surface area (Å²) in [6, 6.07) is -0.798. The molecule has 0 heterocycles. The van der Waals surface area contributed by atoms with Gasteiger partial charge in [0.05, 0.1) is 6.04 Å². The highest BCUT2D eigenvalue weighted by Crippen LogP contribution is 2.00. The smallest absolute Gasteiger partial charge is 0.262 e. The summed E-state index contributed by atoms with van der Waals surface area (Å²) in [4.78, 5) is 10.7. The highest BCUT2D eigenvalue weighted by atomic mass is 32.2. The van der Waals surface area contributed by atoms with Crippen LogP contribution in [0, 0.1) is 0 Å². The van der Waals surface area contributed by atoms with Crippen LogP contribution in [0.25, 0.3) is 0 Å². The van der Waals surface area contributed by atoms with Crippen molar-refractivity contribution in [3.05, 3.63) is 0 Å². The molecule has 4 nitrogen and oxygen atoms in total. The largest absolute Gasteiger partial charge is 0.321 e. The van der Waals surface area contributed by atoms with Gasteiger partial charge in [0.1, 0.15) is 0 Å². The first kappa shape index (κ1) is 11.1. The van der Waals surface area contributed by atoms with E-state index in [9.17, 15) is 9.00 Å². The van der Waals surface area contributed by atoms with Crippen LogP contribution in [0.15, 0.2) is 0 Å². The first-order valence-electron chi connectivity index (χ1n) is 2.98. The summed E-state index contributed by atoms with van der Waals surface area (Å²) in [5, 5.41) is -0.793. The van der Waals surface area contributed by atoms with E-state index in [4.69, 9.17) is 10.3 Å². The van der Waals surface area contributed by atoms with Gasteiger partial charge in [-0.1, -0.05) is 0 Å². The van der Waals surface area contributed by atoms with E-state index >= 15 is 0 Å². The number of hydrogen-bond acceptors (Lipinski definition) is 4. The minimum Gasteiger partial charge on any atom is -0.321 e. The monoisotopic (exact) mass is 197 g/mol. The summed E-state index contributed by atoms with van der Waals surface area (Å²) in [5.74, 6) is 0.726. The van der Waals surface area contributed by atoms with Gasteiger partial charge in [0.15, 0.2) is 0 Å². The Hall–Kier alpha value is 0.0900. The molecule has 2 atom stereocenters. The van der Waals surface area contributed by atoms with E-state index in [2.05, 4.69) is 0 Å². The van der Waals surface area contributed by atoms with E-state index in [0.717, 1.165) is 5.75 Å². The van der Waals surface area contributed by atoms with Gasteiger partial charge >= 0.3 is 0 Å². The summed E-state index contributed by atoms with van der Waals surface area (Å²) >= 11 is -0.871. The van der Waals surface area contributed by atoms with Crippen molar-refractivity contribution in [3.8, 4) is 0 Å². The van der Waals surface area contributed by atoms with E-state index in [1.807, 2.05) is 6.26 Å². The Balaban J connectivity index is 3.73. The predicted molar refractivity (Wildman–Crippen MR) is 46.8 cm³/mol. The normalized spacial score (nSPS) is 15.9. The fourth-order valence-electron chi connectivity index (χ4n) is 0.492. The standard InChI is InChI=1S/C5H11NO3S2/c1-10-3-2-4(6)5(7)11(8)9/h4H,2-3,6H2,1H3,(H,8,9). The molecular formula is C5H11NO3S2. The second-order valence-corrected chi connectivity index (χ2v) is 3.84. The van der Waals surface area contributed by atoms with E-state index in [1.165, 1.54) is 0 Å². The van der Waals surface area contributed by atoms with Crippen LogP contribution in [-0.2, 0) is 15.9 Å². The summed E-state index contributed by atoms with van der Waals surface area (Å²) in [7, 11) is 0. The molecule has 6 heteroatoms. The maximum Gasteiger partial charge on any atom is 0.262 e. The quantitative estimate of drug-likeness (QED) is 0.611. The zero-order valence-corrected chi connectivity index (χ0v) is 7.78. The maximum atomic E-state index is 10.7. The van der Waals surface area contributed by atoms with Crippen molar-refractivity contribution < 1.29 is 13.6 Å². The molecule has 0 amide bonds. The van der Waals surface area contributed by atoms with Gasteiger partial charge in [-0.3, -0.25) is 9.35 Å². The van der Waals surface area contributed by atoms with Crippen molar-refractivity contribution in [1.82, 2.24) is 0 Å². The molecule has 0 aliphatic rings. The molecule has 3 N–H and O–H groups in total. The Labute approximate surface area is 72.2 Å². The number of rotatable bonds is 4. The fourth-order valence-corrected chi connectivity index (χ4v) is 1.36. The highest BCUT2D eigenvalue weighted by Gasteiger charge is 2.17. The third kappa shape index (κ3) is 4.52. The summed E-state index contributed by atoms with van der Waals surface area (Å²) < 4.78 is 18.5. The number of carbonyl (C=O) groups is 1. The van der Waals surface area contributed by atoms with Crippen molar-refractivity contribution in [2.75, 3.05) is 12.0 Å². The first-order chi connectivity index (χ1) is 5.09. The minimum absolute atomic E-state index is 0.451. The molecule has 0 saturated carbocycles. The van der Waals surface area contributed by atoms with Crippen LogP contribution in [0.1, 0.15) is 6.42 Å². The van der Waals surface area contributed by atoms with E-state index < -0.39 is 22.2 Å². The Bertz CT molecular complexity index is 162. The van der Waals surface area contributed by atoms with Crippen molar-refractivity contribution >= 4 is 28.0 Å². The first-order valence-corrected chi connectivity index (χ1v) is 5.49. The number of carbonyl (C=O) groups excluding carboxylic acids is 1. The third-order valence-corrected chi connectivity index (χ3v) is 2.40. The number of hydrogen-bond donors (Lipinski definition) is 2. The Kier molecular flexibility index (Phi) is 5.75. The van der Waals surface area contributed by atoms with Crippen LogP contribution in [0.4, 0.5) is 0 Å². The zero-order valence-electron chi connectivity index (χ0n) is 6.15. The topological polar surface area (TPSA) is 80.4 Å². The molecule has 0 fully saturated rings. The zero-order chi connectivity index (χ0) is 8.85. The van der Waals surface area contributed by atoms with Crippen molar-refractivity contribution in [2.24, 2.45) is 5.73 Å². The van der Waals surface area contributed by atoms with Crippen LogP contribution >= 0.6 is 11.8 Å². The third-order valence-electron chi connectivity index (χ3n) is 1.11. The van der Waals surface area contributed by atoms with Gasteiger partial charge in [-0.05, 0) is 18.4 Å². The molecule has 0 radical (unpaired) electrons. The van der Waals surface area contributed by atoms with E-state index in [1.54, 1.807) is 11.8 Å². The van der Waals surface area contributed by atoms with Gasteiger partial charge in [-0.25, -0.2) is 4.21 Å². The fraction of sp³-hybridized carbons (Fsp3) is 0.800. The van der Waals surface area contributed by atoms with Gasteiger partial charge in [0, 0.05) is 0 Å². The Morgan fingerprint density at radius 2 is 2.36 bits per heavy atom. The molecule has 0 bridgehead atoms. The molecule has 66 valence electrons. The van der Waals surface area contributed by atoms with Crippen LogP contribution in [0.5, 0.6) is 0 Å². The van der Waals surface area contributed by atoms with Gasteiger partial charge in [0.2, 0.25) is 11.1 Å². The average molecular weight is 197 g/mol. The molecule has 11 heavy (non-hydrogen) atoms. The Morgan fingerprint density at radius 1 is 1.82 bits per heavy atom. The van der Waals surface area contributed by atoms with Gasteiger partial charge in [0.25, 0.3) is 5.12 Å². The van der Waals surface area contributed by atoms with Crippen LogP contribution in [0.2, 0.25) is 0 Å². The molecule has 0 aliphatic carbocycles. The number of thioether (sulfide) groups is 1. The molecule has 0 saturated heterocycles. The van der Waals surface area contributed by atoms with Crippen molar-refractivity contribution in [1.29, 1.82) is 0 Å². The van der Waals surface area contributed by atoms with Crippen molar-refractivity contribution in [3.63, 3.8) is 0 Å². The van der Waals surface area contributed by atoms with Crippen molar-refractivity contribution in [2.45, 2.75) is 12.5 Å². The Morgan fingerprint density at radius 3 is 2.73 bits per heavy atom. The summed E-state index contributed by atoms with van der Waals surface area (Å²) in [5.41, 5.74) is 5.29. The molecule has 0 aromatic heterocycles. The molecule has 0 rings (SSSR count). The molecule has 0 spiro atoms. The van der Waals surface area contributed by atoms with Gasteiger partial charge in [-0.2, -0.15) is 11.8 Å². The summed E-state index contributed by atoms with van der Waals surface area (Å²) in [6.07, 6.45) is 2.33. The molecule has 2 unspecified atom stereocenters. The SMILES string of the molecule is CSCCC(N)C(=O)S(=O)O. The van der Waals surface area contributed by atoms with Gasteiger partial charge < -0.3 is 5.73 Å². The highest BCUT2D eigenvalue weighted by molar-refractivity contribution is 7.98. The lowest BCUT2D eigenvalue weighted by Gasteiger charge is -2.04. The van der Waals surface area contributed by atoms with E-state index in [0.29, 0.717) is 6.42 Å². The molecule has 0 aromatic rings. The van der Waals surface area contributed by atoms with Crippen LogP contribution in [-0.4, -0.2) is 31.9 Å². The number of nitrogens with two attached hydrogens (primary N) is 1. The lowest BCUT2D eigenvalue weighted by atomic mass is 10.3. The maximum absolute atomic E-state index is 10.7. The second-order valence-electron chi connectivity index (χ2n) is 1.96. The minimum atomic E-state index is -2.42. The molecular weight excluding hydrogens is 186 g/mol. The van der Waals surface area contributed by atoms with E-state index in [-0.39, 0.29) is 0 Å².